The summed E-state index contributed by atoms with van der Waals surface area (Å²) < 4.78 is 39.1. The average molecular weight is 317 g/mol. The van der Waals surface area contributed by atoms with Crippen molar-refractivity contribution in [2.24, 2.45) is 5.73 Å². The van der Waals surface area contributed by atoms with Crippen molar-refractivity contribution < 1.29 is 13.2 Å². The van der Waals surface area contributed by atoms with Crippen LogP contribution in [0, 0.1) is 0 Å². The predicted molar refractivity (Wildman–Crippen MR) is 74.1 cm³/mol. The van der Waals surface area contributed by atoms with Crippen LogP contribution in [0.25, 0.3) is 0 Å². The van der Waals surface area contributed by atoms with E-state index in [1.54, 1.807) is 24.3 Å². The largest absolute Gasteiger partial charge is 0.417 e. The van der Waals surface area contributed by atoms with Gasteiger partial charge in [0.2, 0.25) is 0 Å². The zero-order valence-corrected chi connectivity index (χ0v) is 11.6. The van der Waals surface area contributed by atoms with Crippen LogP contribution in [0.15, 0.2) is 41.3 Å². The average Bonchev–Trinajstić information content (AvgIpc) is 2.43. The predicted octanol–water partition coefficient (Wildman–Crippen LogP) is 3.03. The van der Waals surface area contributed by atoms with Gasteiger partial charge in [0.1, 0.15) is 5.02 Å². The summed E-state index contributed by atoms with van der Waals surface area (Å²) in [6, 6.07) is 7.58. The summed E-state index contributed by atoms with van der Waals surface area (Å²) in [7, 11) is 0. The molecule has 1 heterocycles. The number of aromatic nitrogens is 1. The van der Waals surface area contributed by atoms with Gasteiger partial charge in [0.05, 0.1) is 12.1 Å². The fraction of sp³-hybridized carbons (Fsp3) is 0.214. The Morgan fingerprint density at radius 1 is 1.14 bits per heavy atom. The zero-order chi connectivity index (χ0) is 15.6. The molecular formula is C14H12ClF3N2O. The van der Waals surface area contributed by atoms with E-state index in [1.165, 1.54) is 0 Å². The summed E-state index contributed by atoms with van der Waals surface area (Å²) in [6.07, 6.45) is -3.78. The molecular weight excluding hydrogens is 305 g/mol. The molecule has 0 aliphatic rings. The van der Waals surface area contributed by atoms with Crippen molar-refractivity contribution in [2.75, 3.05) is 0 Å². The second-order valence-corrected chi connectivity index (χ2v) is 4.94. The molecule has 0 aliphatic carbocycles. The Bertz CT molecular complexity index is 693. The number of hydrogen-bond donors (Lipinski definition) is 1. The maximum atomic E-state index is 12.7. The third-order valence-corrected chi connectivity index (χ3v) is 3.25. The first-order valence-corrected chi connectivity index (χ1v) is 6.44. The van der Waals surface area contributed by atoms with Crippen molar-refractivity contribution in [3.63, 3.8) is 0 Å². The summed E-state index contributed by atoms with van der Waals surface area (Å²) in [6.45, 7) is 0.378. The van der Waals surface area contributed by atoms with Crippen LogP contribution in [0.3, 0.4) is 0 Å². The molecule has 0 spiro atoms. The highest BCUT2D eigenvalue weighted by Gasteiger charge is 2.32. The standard InChI is InChI=1S/C14H12ClF3N2O/c15-12-5-11(14(16,17)18)8-20(13(12)21)7-10-3-1-9(6-19)2-4-10/h1-5,8H,6-7,19H2. The van der Waals surface area contributed by atoms with Gasteiger partial charge in [-0.2, -0.15) is 13.2 Å². The maximum Gasteiger partial charge on any atom is 0.417 e. The molecule has 1 aromatic carbocycles. The lowest BCUT2D eigenvalue weighted by Crippen LogP contribution is -2.23. The van der Waals surface area contributed by atoms with Gasteiger partial charge in [-0.3, -0.25) is 4.79 Å². The van der Waals surface area contributed by atoms with Crippen LogP contribution in [-0.2, 0) is 19.3 Å². The molecule has 112 valence electrons. The summed E-state index contributed by atoms with van der Waals surface area (Å²) >= 11 is 5.59. The van der Waals surface area contributed by atoms with Gasteiger partial charge in [0.15, 0.2) is 0 Å². The van der Waals surface area contributed by atoms with Crippen molar-refractivity contribution >= 4 is 11.6 Å². The Morgan fingerprint density at radius 3 is 2.24 bits per heavy atom. The maximum absolute atomic E-state index is 12.7. The number of alkyl halides is 3. The summed E-state index contributed by atoms with van der Waals surface area (Å²) in [5, 5.41) is -0.455. The monoisotopic (exact) mass is 316 g/mol. The molecule has 21 heavy (non-hydrogen) atoms. The van der Waals surface area contributed by atoms with Crippen LogP contribution < -0.4 is 11.3 Å². The molecule has 0 saturated heterocycles. The molecule has 0 aliphatic heterocycles. The van der Waals surface area contributed by atoms with E-state index in [9.17, 15) is 18.0 Å². The number of rotatable bonds is 3. The lowest BCUT2D eigenvalue weighted by molar-refractivity contribution is -0.138. The van der Waals surface area contributed by atoms with Crippen LogP contribution >= 0.6 is 11.6 Å². The Balaban J connectivity index is 2.38. The van der Waals surface area contributed by atoms with Gasteiger partial charge in [-0.05, 0) is 17.2 Å². The van der Waals surface area contributed by atoms with E-state index in [0.29, 0.717) is 18.2 Å². The summed E-state index contributed by atoms with van der Waals surface area (Å²) in [5.41, 5.74) is 5.44. The number of halogens is 4. The highest BCUT2D eigenvalue weighted by molar-refractivity contribution is 6.30. The van der Waals surface area contributed by atoms with Crippen molar-refractivity contribution in [2.45, 2.75) is 19.3 Å². The second kappa shape index (κ2) is 5.91. The highest BCUT2D eigenvalue weighted by atomic mass is 35.5. The molecule has 2 N–H and O–H groups in total. The van der Waals surface area contributed by atoms with Crippen LogP contribution in [0.1, 0.15) is 16.7 Å². The third-order valence-electron chi connectivity index (χ3n) is 2.98. The van der Waals surface area contributed by atoms with Crippen LogP contribution in [0.2, 0.25) is 5.02 Å². The number of benzene rings is 1. The quantitative estimate of drug-likeness (QED) is 0.946. The van der Waals surface area contributed by atoms with Gasteiger partial charge in [-0.25, -0.2) is 0 Å². The molecule has 0 bridgehead atoms. The van der Waals surface area contributed by atoms with E-state index >= 15 is 0 Å². The third kappa shape index (κ3) is 3.65. The van der Waals surface area contributed by atoms with Gasteiger partial charge >= 0.3 is 6.18 Å². The SMILES string of the molecule is NCc1ccc(Cn2cc(C(F)(F)F)cc(Cl)c2=O)cc1. The van der Waals surface area contributed by atoms with Gasteiger partial charge in [-0.15, -0.1) is 0 Å². The van der Waals surface area contributed by atoms with Crippen molar-refractivity contribution in [3.8, 4) is 0 Å². The number of pyridine rings is 1. The Morgan fingerprint density at radius 2 is 1.71 bits per heavy atom. The lowest BCUT2D eigenvalue weighted by atomic mass is 10.1. The molecule has 0 amide bonds. The Hall–Kier alpha value is -1.79. The number of hydrogen-bond acceptors (Lipinski definition) is 2. The van der Waals surface area contributed by atoms with E-state index in [4.69, 9.17) is 17.3 Å². The molecule has 0 fully saturated rings. The second-order valence-electron chi connectivity index (χ2n) is 4.53. The van der Waals surface area contributed by atoms with Crippen LogP contribution in [-0.4, -0.2) is 4.57 Å². The number of nitrogens with zero attached hydrogens (tertiary/aromatic N) is 1. The molecule has 0 atom stereocenters. The highest BCUT2D eigenvalue weighted by Crippen LogP contribution is 2.29. The molecule has 2 rings (SSSR count). The van der Waals surface area contributed by atoms with E-state index in [2.05, 4.69) is 0 Å². The van der Waals surface area contributed by atoms with E-state index < -0.39 is 22.3 Å². The van der Waals surface area contributed by atoms with Crippen LogP contribution in [0.5, 0.6) is 0 Å². The van der Waals surface area contributed by atoms with Crippen molar-refractivity contribution in [1.29, 1.82) is 0 Å². The minimum absolute atomic E-state index is 0.00727. The minimum atomic E-state index is -4.55. The normalized spacial score (nSPS) is 11.7. The molecule has 0 unspecified atom stereocenters. The smallest absolute Gasteiger partial charge is 0.326 e. The molecule has 0 saturated carbocycles. The number of nitrogens with two attached hydrogens (primary N) is 1. The summed E-state index contributed by atoms with van der Waals surface area (Å²) in [5.74, 6) is 0. The molecule has 2 aromatic rings. The molecule has 1 aromatic heterocycles. The fourth-order valence-corrected chi connectivity index (χ4v) is 2.08. The van der Waals surface area contributed by atoms with Gasteiger partial charge < -0.3 is 10.3 Å². The Labute approximate surface area is 123 Å². The Kier molecular flexibility index (Phi) is 4.39. The summed E-state index contributed by atoms with van der Waals surface area (Å²) in [4.78, 5) is 11.8. The fourth-order valence-electron chi connectivity index (χ4n) is 1.85. The minimum Gasteiger partial charge on any atom is -0.326 e. The van der Waals surface area contributed by atoms with Gasteiger partial charge in [0.25, 0.3) is 5.56 Å². The van der Waals surface area contributed by atoms with E-state index in [1.807, 2.05) is 0 Å². The molecule has 0 radical (unpaired) electrons. The molecule has 7 heteroatoms. The first kappa shape index (κ1) is 15.6. The van der Waals surface area contributed by atoms with Crippen LogP contribution in [0.4, 0.5) is 13.2 Å². The van der Waals surface area contributed by atoms with Crippen molar-refractivity contribution in [3.05, 3.63) is 68.6 Å². The van der Waals surface area contributed by atoms with E-state index in [-0.39, 0.29) is 6.54 Å². The van der Waals surface area contributed by atoms with E-state index in [0.717, 1.165) is 16.3 Å². The van der Waals surface area contributed by atoms with Gasteiger partial charge in [0, 0.05) is 12.7 Å². The molecule has 3 nitrogen and oxygen atoms in total. The first-order chi connectivity index (χ1) is 9.81. The van der Waals surface area contributed by atoms with Crippen molar-refractivity contribution in [1.82, 2.24) is 4.57 Å². The first-order valence-electron chi connectivity index (χ1n) is 6.06. The zero-order valence-electron chi connectivity index (χ0n) is 10.8. The lowest BCUT2D eigenvalue weighted by Gasteiger charge is -2.12. The van der Waals surface area contributed by atoms with Gasteiger partial charge in [-0.1, -0.05) is 35.9 Å². The topological polar surface area (TPSA) is 48.0 Å².